The van der Waals surface area contributed by atoms with Crippen LogP contribution in [0.15, 0.2) is 40.5 Å². The quantitative estimate of drug-likeness (QED) is 0.706. The summed E-state index contributed by atoms with van der Waals surface area (Å²) in [4.78, 5) is 16.9. The normalized spacial score (nSPS) is 11.0. The number of H-pyrrole nitrogens is 1. The predicted octanol–water partition coefficient (Wildman–Crippen LogP) is 3.50. The van der Waals surface area contributed by atoms with Crippen molar-refractivity contribution in [3.05, 3.63) is 36.2 Å². The van der Waals surface area contributed by atoms with Gasteiger partial charge in [-0.05, 0) is 30.8 Å². The lowest BCUT2D eigenvalue weighted by Crippen LogP contribution is -2.03. The minimum absolute atomic E-state index is 0.812. The van der Waals surface area contributed by atoms with Crippen molar-refractivity contribution in [1.82, 2.24) is 19.9 Å². The first-order chi connectivity index (χ1) is 10.3. The fraction of sp³-hybridized carbons (Fsp3) is 0.267. The lowest BCUT2D eigenvalue weighted by Gasteiger charge is -2.06. The number of rotatable bonds is 5. The zero-order valence-electron chi connectivity index (χ0n) is 12.1. The molecule has 2 N–H and O–H groups in total. The summed E-state index contributed by atoms with van der Waals surface area (Å²) in [5.74, 6) is 1.70. The van der Waals surface area contributed by atoms with Crippen LogP contribution in [0.3, 0.4) is 0 Å². The van der Waals surface area contributed by atoms with E-state index in [2.05, 4.69) is 39.1 Å². The Bertz CT molecular complexity index is 720. The standard InChI is InChI=1S/C15H17N5S/c1-3-12-19-13(16-4-2)9-14(20-12)21-15-17-10-7-5-6-8-11(10)18-15/h5-9H,3-4H2,1-2H3,(H,17,18)(H,16,19,20). The van der Waals surface area contributed by atoms with Gasteiger partial charge in [-0.25, -0.2) is 15.0 Å². The Morgan fingerprint density at radius 1 is 1.14 bits per heavy atom. The van der Waals surface area contributed by atoms with E-state index in [1.54, 1.807) is 0 Å². The van der Waals surface area contributed by atoms with Gasteiger partial charge in [-0.2, -0.15) is 0 Å². The van der Waals surface area contributed by atoms with Crippen LogP contribution < -0.4 is 5.32 Å². The van der Waals surface area contributed by atoms with Crippen molar-refractivity contribution in [2.45, 2.75) is 30.5 Å². The number of benzene rings is 1. The molecule has 21 heavy (non-hydrogen) atoms. The van der Waals surface area contributed by atoms with Crippen molar-refractivity contribution >= 4 is 28.6 Å². The van der Waals surface area contributed by atoms with Gasteiger partial charge in [0.2, 0.25) is 0 Å². The highest BCUT2D eigenvalue weighted by Crippen LogP contribution is 2.27. The van der Waals surface area contributed by atoms with Gasteiger partial charge < -0.3 is 10.3 Å². The van der Waals surface area contributed by atoms with Crippen LogP contribution in [0.4, 0.5) is 5.82 Å². The first kappa shape index (κ1) is 13.9. The minimum atomic E-state index is 0.812. The first-order valence-electron chi connectivity index (χ1n) is 7.03. The van der Waals surface area contributed by atoms with Crippen molar-refractivity contribution in [3.8, 4) is 0 Å². The average molecular weight is 299 g/mol. The van der Waals surface area contributed by atoms with Gasteiger partial charge >= 0.3 is 0 Å². The number of aryl methyl sites for hydroxylation is 1. The number of fused-ring (bicyclic) bond motifs is 1. The summed E-state index contributed by atoms with van der Waals surface area (Å²) in [6.45, 7) is 4.95. The number of nitrogens with one attached hydrogen (secondary N) is 2. The second-order valence-corrected chi connectivity index (χ2v) is 5.56. The first-order valence-corrected chi connectivity index (χ1v) is 7.84. The smallest absolute Gasteiger partial charge is 0.172 e. The van der Waals surface area contributed by atoms with Crippen LogP contribution in [-0.2, 0) is 6.42 Å². The fourth-order valence-corrected chi connectivity index (χ4v) is 2.86. The molecule has 0 aliphatic heterocycles. The molecule has 5 nitrogen and oxygen atoms in total. The molecule has 0 atom stereocenters. The van der Waals surface area contributed by atoms with E-state index in [-0.39, 0.29) is 0 Å². The molecule has 6 heteroatoms. The maximum atomic E-state index is 4.57. The fourth-order valence-electron chi connectivity index (χ4n) is 2.03. The van der Waals surface area contributed by atoms with E-state index in [9.17, 15) is 0 Å². The molecule has 0 unspecified atom stereocenters. The van der Waals surface area contributed by atoms with Crippen molar-refractivity contribution in [1.29, 1.82) is 0 Å². The highest BCUT2D eigenvalue weighted by atomic mass is 32.2. The Morgan fingerprint density at radius 2 is 2.00 bits per heavy atom. The van der Waals surface area contributed by atoms with E-state index in [1.165, 1.54) is 11.8 Å². The van der Waals surface area contributed by atoms with Crippen molar-refractivity contribution in [3.63, 3.8) is 0 Å². The SMILES string of the molecule is CCNc1cc(Sc2nc3ccccc3[nH]2)nc(CC)n1. The number of hydrogen-bond donors (Lipinski definition) is 2. The summed E-state index contributed by atoms with van der Waals surface area (Å²) in [5, 5.41) is 4.99. The van der Waals surface area contributed by atoms with Crippen LogP contribution in [0.1, 0.15) is 19.7 Å². The number of para-hydroxylation sites is 2. The summed E-state index contributed by atoms with van der Waals surface area (Å²) in [6, 6.07) is 9.96. The van der Waals surface area contributed by atoms with Gasteiger partial charge in [-0.15, -0.1) is 0 Å². The third kappa shape index (κ3) is 3.16. The van der Waals surface area contributed by atoms with Crippen molar-refractivity contribution in [2.24, 2.45) is 0 Å². The van der Waals surface area contributed by atoms with E-state index in [0.717, 1.165) is 45.8 Å². The third-order valence-corrected chi connectivity index (χ3v) is 3.80. The van der Waals surface area contributed by atoms with Gasteiger partial charge in [-0.1, -0.05) is 19.1 Å². The van der Waals surface area contributed by atoms with E-state index in [0.29, 0.717) is 0 Å². The van der Waals surface area contributed by atoms with Gasteiger partial charge in [0.25, 0.3) is 0 Å². The van der Waals surface area contributed by atoms with Crippen LogP contribution in [0.2, 0.25) is 0 Å². The van der Waals surface area contributed by atoms with Gasteiger partial charge in [0, 0.05) is 19.0 Å². The molecule has 0 radical (unpaired) electrons. The molecular formula is C15H17N5S. The highest BCUT2D eigenvalue weighted by molar-refractivity contribution is 7.99. The summed E-state index contributed by atoms with van der Waals surface area (Å²) in [5.41, 5.74) is 2.01. The lowest BCUT2D eigenvalue weighted by molar-refractivity contribution is 0.884. The minimum Gasteiger partial charge on any atom is -0.370 e. The average Bonchev–Trinajstić information content (AvgIpc) is 2.89. The van der Waals surface area contributed by atoms with Crippen LogP contribution >= 0.6 is 11.8 Å². The number of hydrogen-bond acceptors (Lipinski definition) is 5. The zero-order valence-corrected chi connectivity index (χ0v) is 12.9. The summed E-state index contributed by atoms with van der Waals surface area (Å²) >= 11 is 1.53. The maximum Gasteiger partial charge on any atom is 0.172 e. The molecule has 108 valence electrons. The topological polar surface area (TPSA) is 66.5 Å². The van der Waals surface area contributed by atoms with Crippen LogP contribution in [0.5, 0.6) is 0 Å². The molecule has 0 amide bonds. The largest absolute Gasteiger partial charge is 0.370 e. The Labute approximate surface area is 127 Å². The monoisotopic (exact) mass is 299 g/mol. The van der Waals surface area contributed by atoms with E-state index >= 15 is 0 Å². The molecule has 2 aromatic heterocycles. The molecule has 1 aromatic carbocycles. The molecule has 3 aromatic rings. The predicted molar refractivity (Wildman–Crippen MR) is 85.8 cm³/mol. The number of aromatic amines is 1. The molecule has 2 heterocycles. The molecule has 0 fully saturated rings. The van der Waals surface area contributed by atoms with Gasteiger partial charge in [0.05, 0.1) is 11.0 Å². The Balaban J connectivity index is 1.90. The maximum absolute atomic E-state index is 4.57. The van der Waals surface area contributed by atoms with E-state index in [4.69, 9.17) is 0 Å². The van der Waals surface area contributed by atoms with Crippen molar-refractivity contribution in [2.75, 3.05) is 11.9 Å². The lowest BCUT2D eigenvalue weighted by atomic mass is 10.3. The van der Waals surface area contributed by atoms with Gasteiger partial charge in [0.15, 0.2) is 5.16 Å². The molecule has 0 bridgehead atoms. The zero-order chi connectivity index (χ0) is 14.7. The number of anilines is 1. The van der Waals surface area contributed by atoms with Crippen LogP contribution in [0, 0.1) is 0 Å². The molecule has 0 spiro atoms. The van der Waals surface area contributed by atoms with Crippen LogP contribution in [0.25, 0.3) is 11.0 Å². The van der Waals surface area contributed by atoms with Crippen molar-refractivity contribution < 1.29 is 0 Å². The van der Waals surface area contributed by atoms with E-state index in [1.807, 2.05) is 30.3 Å². The Kier molecular flexibility index (Phi) is 4.06. The summed E-state index contributed by atoms with van der Waals surface area (Å²) in [6.07, 6.45) is 0.812. The molecule has 0 aliphatic carbocycles. The highest BCUT2D eigenvalue weighted by Gasteiger charge is 2.08. The Morgan fingerprint density at radius 3 is 2.76 bits per heavy atom. The second-order valence-electron chi connectivity index (χ2n) is 4.55. The molecule has 0 saturated heterocycles. The van der Waals surface area contributed by atoms with Gasteiger partial charge in [-0.3, -0.25) is 0 Å². The number of nitrogens with zero attached hydrogens (tertiary/aromatic N) is 3. The molecule has 3 rings (SSSR count). The molecular weight excluding hydrogens is 282 g/mol. The van der Waals surface area contributed by atoms with E-state index < -0.39 is 0 Å². The van der Waals surface area contributed by atoms with Gasteiger partial charge in [0.1, 0.15) is 16.7 Å². The molecule has 0 saturated carbocycles. The molecule has 0 aliphatic rings. The summed E-state index contributed by atoms with van der Waals surface area (Å²) in [7, 11) is 0. The number of imidazole rings is 1. The third-order valence-electron chi connectivity index (χ3n) is 2.99. The summed E-state index contributed by atoms with van der Waals surface area (Å²) < 4.78 is 0. The van der Waals surface area contributed by atoms with Crippen LogP contribution in [-0.4, -0.2) is 26.5 Å². The Hall–Kier alpha value is -2.08. The number of aromatic nitrogens is 4. The second kappa shape index (κ2) is 6.13.